The van der Waals surface area contributed by atoms with Gasteiger partial charge in [-0.2, -0.15) is 0 Å². The minimum atomic E-state index is 0. The zero-order chi connectivity index (χ0) is 6.69. The molecule has 0 radical (unpaired) electrons. The number of rotatable bonds is 0. The lowest BCUT2D eigenvalue weighted by Crippen LogP contribution is -2.44. The molecule has 1 fully saturated rings. The van der Waals surface area contributed by atoms with Crippen molar-refractivity contribution in [1.29, 1.82) is 5.41 Å². The lowest BCUT2D eigenvalue weighted by atomic mass is 10.4. The highest BCUT2D eigenvalue weighted by Crippen LogP contribution is 1.93. The zero-order valence-corrected chi connectivity index (χ0v) is 8.00. The van der Waals surface area contributed by atoms with Gasteiger partial charge in [-0.25, -0.2) is 0 Å². The second-order valence-corrected chi connectivity index (χ2v) is 1.98. The molecule has 1 saturated heterocycles. The predicted molar refractivity (Wildman–Crippen MR) is 49.7 cm³/mol. The second-order valence-electron chi connectivity index (χ2n) is 1.98. The van der Waals surface area contributed by atoms with E-state index in [0.29, 0.717) is 13.2 Å². The van der Waals surface area contributed by atoms with Gasteiger partial charge in [0, 0.05) is 13.1 Å². The number of nitrogens with two attached hydrogens (primary N) is 1. The van der Waals surface area contributed by atoms with Gasteiger partial charge in [0.05, 0.1) is 13.2 Å². The third-order valence-electron chi connectivity index (χ3n) is 1.35. The minimum absolute atomic E-state index is 0. The summed E-state index contributed by atoms with van der Waals surface area (Å²) >= 11 is 0. The van der Waals surface area contributed by atoms with Gasteiger partial charge in [-0.3, -0.25) is 5.41 Å². The zero-order valence-electron chi connectivity index (χ0n) is 5.67. The number of nitrogens with one attached hydrogen (secondary N) is 1. The summed E-state index contributed by atoms with van der Waals surface area (Å²) in [5.74, 6) is 0.151. The SMILES string of the molecule is I.N=C(N)N1CCOCC1. The van der Waals surface area contributed by atoms with Crippen LogP contribution in [0.1, 0.15) is 0 Å². The van der Waals surface area contributed by atoms with Gasteiger partial charge in [0.25, 0.3) is 0 Å². The Labute approximate surface area is 77.2 Å². The van der Waals surface area contributed by atoms with Crippen LogP contribution in [-0.4, -0.2) is 37.2 Å². The van der Waals surface area contributed by atoms with Crippen molar-refractivity contribution >= 4 is 29.9 Å². The van der Waals surface area contributed by atoms with Crippen molar-refractivity contribution in [3.05, 3.63) is 0 Å². The molecule has 1 aliphatic heterocycles. The first-order chi connectivity index (χ1) is 4.30. The van der Waals surface area contributed by atoms with Gasteiger partial charge < -0.3 is 15.4 Å². The number of ether oxygens (including phenoxy) is 1. The van der Waals surface area contributed by atoms with E-state index >= 15 is 0 Å². The van der Waals surface area contributed by atoms with Crippen molar-refractivity contribution in [3.63, 3.8) is 0 Å². The maximum atomic E-state index is 7.04. The summed E-state index contributed by atoms with van der Waals surface area (Å²) in [5.41, 5.74) is 5.22. The molecule has 0 amide bonds. The van der Waals surface area contributed by atoms with Crippen LogP contribution in [0.5, 0.6) is 0 Å². The molecule has 5 heteroatoms. The quantitative estimate of drug-likeness (QED) is 0.360. The molecule has 1 aliphatic rings. The topological polar surface area (TPSA) is 62.3 Å². The molecule has 4 nitrogen and oxygen atoms in total. The molecule has 0 unspecified atom stereocenters. The van der Waals surface area contributed by atoms with Crippen molar-refractivity contribution < 1.29 is 4.74 Å². The lowest BCUT2D eigenvalue weighted by Gasteiger charge is -2.26. The van der Waals surface area contributed by atoms with E-state index in [0.717, 1.165) is 13.1 Å². The number of nitrogens with zero attached hydrogens (tertiary/aromatic N) is 1. The van der Waals surface area contributed by atoms with Crippen LogP contribution in [0.15, 0.2) is 0 Å². The first-order valence-corrected chi connectivity index (χ1v) is 2.97. The Morgan fingerprint density at radius 2 is 1.90 bits per heavy atom. The second kappa shape index (κ2) is 4.73. The van der Waals surface area contributed by atoms with Crippen LogP contribution in [0.2, 0.25) is 0 Å². The largest absolute Gasteiger partial charge is 0.378 e. The van der Waals surface area contributed by atoms with E-state index < -0.39 is 0 Å². The molecule has 60 valence electrons. The van der Waals surface area contributed by atoms with E-state index in [2.05, 4.69) is 0 Å². The first-order valence-electron chi connectivity index (χ1n) is 2.97. The maximum Gasteiger partial charge on any atom is 0.188 e. The highest BCUT2D eigenvalue weighted by atomic mass is 127. The summed E-state index contributed by atoms with van der Waals surface area (Å²) in [6.07, 6.45) is 0. The lowest BCUT2D eigenvalue weighted by molar-refractivity contribution is 0.0672. The molecule has 0 atom stereocenters. The number of morpholine rings is 1. The van der Waals surface area contributed by atoms with Gasteiger partial charge in [-0.15, -0.1) is 24.0 Å². The normalized spacial score (nSPS) is 17.8. The summed E-state index contributed by atoms with van der Waals surface area (Å²) in [5, 5.41) is 7.04. The van der Waals surface area contributed by atoms with Crippen molar-refractivity contribution in [3.8, 4) is 0 Å². The standard InChI is InChI=1S/C5H11N3O.HI/c6-5(7)8-1-3-9-4-2-8;/h1-4H2,(H3,6,7);1H. The fraction of sp³-hybridized carbons (Fsp3) is 0.800. The van der Waals surface area contributed by atoms with Gasteiger partial charge in [0.2, 0.25) is 0 Å². The number of guanidine groups is 1. The third-order valence-corrected chi connectivity index (χ3v) is 1.35. The van der Waals surface area contributed by atoms with Crippen LogP contribution < -0.4 is 5.73 Å². The smallest absolute Gasteiger partial charge is 0.188 e. The van der Waals surface area contributed by atoms with Gasteiger partial charge in [-0.05, 0) is 0 Å². The minimum Gasteiger partial charge on any atom is -0.378 e. The van der Waals surface area contributed by atoms with E-state index in [1.54, 1.807) is 4.90 Å². The number of hydrogen-bond donors (Lipinski definition) is 2. The van der Waals surface area contributed by atoms with Gasteiger partial charge >= 0.3 is 0 Å². The van der Waals surface area contributed by atoms with Crippen molar-refractivity contribution in [2.45, 2.75) is 0 Å². The molecule has 0 spiro atoms. The molecule has 0 aliphatic carbocycles. The van der Waals surface area contributed by atoms with Crippen LogP contribution in [0.4, 0.5) is 0 Å². The van der Waals surface area contributed by atoms with Gasteiger partial charge in [-0.1, -0.05) is 0 Å². The van der Waals surface area contributed by atoms with E-state index in [-0.39, 0.29) is 29.9 Å². The summed E-state index contributed by atoms with van der Waals surface area (Å²) in [7, 11) is 0. The number of hydrogen-bond acceptors (Lipinski definition) is 2. The summed E-state index contributed by atoms with van der Waals surface area (Å²) in [6.45, 7) is 2.91. The molecule has 3 N–H and O–H groups in total. The maximum absolute atomic E-state index is 7.04. The van der Waals surface area contributed by atoms with E-state index in [1.807, 2.05) is 0 Å². The summed E-state index contributed by atoms with van der Waals surface area (Å²) in [6, 6.07) is 0. The average Bonchev–Trinajstić information content (AvgIpc) is 1.90. The number of halogens is 1. The fourth-order valence-electron chi connectivity index (χ4n) is 0.804. The Morgan fingerprint density at radius 3 is 2.20 bits per heavy atom. The molecule has 1 rings (SSSR count). The van der Waals surface area contributed by atoms with Crippen molar-refractivity contribution in [2.75, 3.05) is 26.3 Å². The van der Waals surface area contributed by atoms with Crippen LogP contribution in [0.3, 0.4) is 0 Å². The van der Waals surface area contributed by atoms with E-state index in [4.69, 9.17) is 15.9 Å². The molecule has 10 heavy (non-hydrogen) atoms. The van der Waals surface area contributed by atoms with E-state index in [1.165, 1.54) is 0 Å². The van der Waals surface area contributed by atoms with Crippen molar-refractivity contribution in [2.24, 2.45) is 5.73 Å². The highest BCUT2D eigenvalue weighted by Gasteiger charge is 2.09. The van der Waals surface area contributed by atoms with Crippen LogP contribution in [0, 0.1) is 5.41 Å². The van der Waals surface area contributed by atoms with Gasteiger partial charge in [0.15, 0.2) is 5.96 Å². The monoisotopic (exact) mass is 257 g/mol. The molecule has 0 bridgehead atoms. The highest BCUT2D eigenvalue weighted by molar-refractivity contribution is 14.0. The average molecular weight is 257 g/mol. The Bertz CT molecular complexity index is 113. The predicted octanol–water partition coefficient (Wildman–Crippen LogP) is -0.170. The summed E-state index contributed by atoms with van der Waals surface area (Å²) < 4.78 is 5.06. The molecular formula is C5H12IN3O. The molecule has 0 aromatic carbocycles. The Hall–Kier alpha value is -0.0400. The van der Waals surface area contributed by atoms with Crippen LogP contribution >= 0.6 is 24.0 Å². The molecule has 0 aromatic rings. The Morgan fingerprint density at radius 1 is 1.40 bits per heavy atom. The first kappa shape index (κ1) is 9.96. The Kier molecular flexibility index (Phi) is 4.71. The molecular weight excluding hydrogens is 245 g/mol. The summed E-state index contributed by atoms with van der Waals surface area (Å²) in [4.78, 5) is 1.80. The molecule has 1 heterocycles. The molecule has 0 saturated carbocycles. The fourth-order valence-corrected chi connectivity index (χ4v) is 0.804. The van der Waals surface area contributed by atoms with Crippen LogP contribution in [0.25, 0.3) is 0 Å². The molecule has 0 aromatic heterocycles. The van der Waals surface area contributed by atoms with Gasteiger partial charge in [0.1, 0.15) is 0 Å². The third kappa shape index (κ3) is 2.70. The van der Waals surface area contributed by atoms with Crippen molar-refractivity contribution in [1.82, 2.24) is 4.90 Å². The van der Waals surface area contributed by atoms with E-state index in [9.17, 15) is 0 Å². The Balaban J connectivity index is 0.000000810. The van der Waals surface area contributed by atoms with Crippen LogP contribution in [-0.2, 0) is 4.74 Å².